The molecule has 10 heavy (non-hydrogen) atoms. The molecule has 0 saturated carbocycles. The second kappa shape index (κ2) is 2.69. The number of aromatic nitrogens is 3. The molecule has 0 aliphatic heterocycles. The van der Waals surface area contributed by atoms with Crippen LogP contribution in [0.1, 0.15) is 0 Å². The van der Waals surface area contributed by atoms with Crippen LogP contribution < -0.4 is 8.63 Å². The minimum absolute atomic E-state index is 0.540. The van der Waals surface area contributed by atoms with Crippen molar-refractivity contribution in [2.45, 2.75) is 0 Å². The van der Waals surface area contributed by atoms with Gasteiger partial charge >= 0.3 is 74.2 Å². The second-order valence-electron chi connectivity index (χ2n) is 1.91. The Balaban J connectivity index is 3.43. The Morgan fingerprint density at radius 3 is 2.80 bits per heavy atom. The van der Waals surface area contributed by atoms with Crippen LogP contribution in [0.5, 0.6) is 5.88 Å². The summed E-state index contributed by atoms with van der Waals surface area (Å²) < 4.78 is 2.01. The van der Waals surface area contributed by atoms with Crippen LogP contribution >= 0.6 is 0 Å². The fraction of sp³-hybridized carbons (Fsp3) is 0.250. The molecular weight excluding hydrogens is 145 g/mol. The van der Waals surface area contributed by atoms with Gasteiger partial charge in [0.15, 0.2) is 0 Å². The molecule has 0 unspecified atom stereocenters. The SMILES string of the molecule is Cn1nc(O)c(=O)n[c]1[Na]. The number of aryl methyl sites for hydroxylation is 1. The van der Waals surface area contributed by atoms with E-state index >= 15 is 0 Å². The molecule has 1 aromatic heterocycles. The van der Waals surface area contributed by atoms with E-state index in [1.807, 2.05) is 0 Å². The van der Waals surface area contributed by atoms with Gasteiger partial charge in [0, 0.05) is 0 Å². The summed E-state index contributed by atoms with van der Waals surface area (Å²) in [6.45, 7) is 0. The van der Waals surface area contributed by atoms with Crippen LogP contribution in [0.2, 0.25) is 0 Å². The van der Waals surface area contributed by atoms with Gasteiger partial charge < -0.3 is 0 Å². The molecule has 1 rings (SSSR count). The van der Waals surface area contributed by atoms with Crippen molar-refractivity contribution in [2.75, 3.05) is 0 Å². The summed E-state index contributed by atoms with van der Waals surface area (Å²) in [5, 5.41) is 12.2. The van der Waals surface area contributed by atoms with Crippen LogP contribution in [-0.4, -0.2) is 47.8 Å². The predicted octanol–water partition coefficient (Wildman–Crippen LogP) is -2.33. The number of hydrogen-bond acceptors (Lipinski definition) is 4. The van der Waals surface area contributed by atoms with Crippen molar-refractivity contribution in [2.24, 2.45) is 7.05 Å². The normalized spacial score (nSPS) is 9.90. The molecule has 0 aromatic carbocycles. The number of rotatable bonds is 0. The molecule has 0 aliphatic carbocycles. The Morgan fingerprint density at radius 2 is 2.30 bits per heavy atom. The van der Waals surface area contributed by atoms with E-state index in [0.717, 1.165) is 0 Å². The van der Waals surface area contributed by atoms with E-state index in [1.54, 1.807) is 7.05 Å². The zero-order valence-electron chi connectivity index (χ0n) is 5.70. The van der Waals surface area contributed by atoms with Crippen LogP contribution in [-0.2, 0) is 7.05 Å². The molecule has 1 heterocycles. The summed E-state index contributed by atoms with van der Waals surface area (Å²) in [6, 6.07) is 0. The van der Waals surface area contributed by atoms with Crippen molar-refractivity contribution in [3.8, 4) is 5.88 Å². The van der Waals surface area contributed by atoms with E-state index < -0.39 is 11.4 Å². The average molecular weight is 149 g/mol. The van der Waals surface area contributed by atoms with Crippen molar-refractivity contribution in [3.63, 3.8) is 0 Å². The topological polar surface area (TPSA) is 68.0 Å². The van der Waals surface area contributed by atoms with E-state index in [2.05, 4.69) is 10.1 Å². The Hall–Kier alpha value is -0.390. The first-order valence-electron chi connectivity index (χ1n) is 2.72. The molecule has 48 valence electrons. The quantitative estimate of drug-likeness (QED) is 0.420. The van der Waals surface area contributed by atoms with Gasteiger partial charge in [0.1, 0.15) is 0 Å². The molecule has 0 amide bonds. The van der Waals surface area contributed by atoms with Crippen LogP contribution in [0.15, 0.2) is 4.79 Å². The van der Waals surface area contributed by atoms with Gasteiger partial charge in [-0.15, -0.1) is 0 Å². The van der Waals surface area contributed by atoms with Gasteiger partial charge in [-0.3, -0.25) is 0 Å². The van der Waals surface area contributed by atoms with Gasteiger partial charge in [-0.05, 0) is 0 Å². The van der Waals surface area contributed by atoms with Crippen LogP contribution in [0, 0.1) is 0 Å². The maximum absolute atomic E-state index is 10.6. The maximum atomic E-state index is 10.6. The fourth-order valence-electron chi connectivity index (χ4n) is 0.527. The third kappa shape index (κ3) is 1.36. The summed E-state index contributed by atoms with van der Waals surface area (Å²) in [5.41, 5.74) is -0.650. The Bertz CT molecular complexity index is 308. The molecule has 0 aliphatic rings. The Labute approximate surface area is 74.1 Å². The third-order valence-corrected chi connectivity index (χ3v) is 2.04. The summed E-state index contributed by atoms with van der Waals surface area (Å²) in [7, 11) is 1.63. The minimum atomic E-state index is -0.650. The summed E-state index contributed by atoms with van der Waals surface area (Å²) in [5.74, 6) is -0.540. The summed E-state index contributed by atoms with van der Waals surface area (Å²) in [6.07, 6.45) is 0. The van der Waals surface area contributed by atoms with Crippen molar-refractivity contribution in [1.29, 1.82) is 0 Å². The molecule has 0 atom stereocenters. The summed E-state index contributed by atoms with van der Waals surface area (Å²) >= 11 is 0.651. The van der Waals surface area contributed by atoms with Crippen molar-refractivity contribution < 1.29 is 5.11 Å². The van der Waals surface area contributed by atoms with Crippen LogP contribution in [0.25, 0.3) is 0 Å². The molecule has 0 fully saturated rings. The van der Waals surface area contributed by atoms with E-state index in [4.69, 9.17) is 5.11 Å². The van der Waals surface area contributed by atoms with Gasteiger partial charge in [-0.2, -0.15) is 0 Å². The molecule has 6 heteroatoms. The van der Waals surface area contributed by atoms with Crippen molar-refractivity contribution in [3.05, 3.63) is 10.4 Å². The van der Waals surface area contributed by atoms with Gasteiger partial charge in [0.2, 0.25) is 0 Å². The van der Waals surface area contributed by atoms with E-state index in [1.165, 1.54) is 4.68 Å². The first-order chi connectivity index (χ1) is 4.61. The Kier molecular flexibility index (Phi) is 2.08. The molecule has 0 saturated heterocycles. The number of aromatic hydroxyl groups is 1. The van der Waals surface area contributed by atoms with Gasteiger partial charge in [-0.1, -0.05) is 0 Å². The molecule has 0 bridgehead atoms. The molecule has 1 aromatic rings. The molecule has 5 nitrogen and oxygen atoms in total. The zero-order valence-corrected chi connectivity index (χ0v) is 7.70. The van der Waals surface area contributed by atoms with Gasteiger partial charge in [0.25, 0.3) is 0 Å². The van der Waals surface area contributed by atoms with Crippen molar-refractivity contribution >= 4 is 31.0 Å². The standard InChI is InChI=1S/C4H4N3O2.Na/c1-7-2-5-3(8)4(9)6-7;/h1H3,(H,6,9);. The monoisotopic (exact) mass is 149 g/mol. The van der Waals surface area contributed by atoms with E-state index in [9.17, 15) is 4.79 Å². The van der Waals surface area contributed by atoms with Crippen LogP contribution in [0.4, 0.5) is 0 Å². The van der Waals surface area contributed by atoms with Crippen LogP contribution in [0.3, 0.4) is 0 Å². The first kappa shape index (κ1) is 7.71. The van der Waals surface area contributed by atoms with E-state index in [-0.39, 0.29) is 0 Å². The Morgan fingerprint density at radius 1 is 1.70 bits per heavy atom. The van der Waals surface area contributed by atoms with Gasteiger partial charge in [-0.25, -0.2) is 0 Å². The molecule has 1 N–H and O–H groups in total. The molecule has 0 spiro atoms. The fourth-order valence-corrected chi connectivity index (χ4v) is 0.830. The number of hydrogen-bond donors (Lipinski definition) is 1. The third-order valence-electron chi connectivity index (χ3n) is 1.17. The zero-order chi connectivity index (χ0) is 7.72. The van der Waals surface area contributed by atoms with Crippen molar-refractivity contribution in [1.82, 2.24) is 14.8 Å². The molecular formula is C4H4N3NaO2. The average Bonchev–Trinajstić information content (AvgIpc) is 1.84. The van der Waals surface area contributed by atoms with Gasteiger partial charge in [0.05, 0.1) is 0 Å². The molecule has 0 radical (unpaired) electrons. The first-order valence-corrected chi connectivity index (χ1v) is 3.72. The number of nitrogens with zero attached hydrogens (tertiary/aromatic N) is 3. The van der Waals surface area contributed by atoms with E-state index in [0.29, 0.717) is 31.0 Å². The second-order valence-corrected chi connectivity index (χ2v) is 2.81. The predicted molar refractivity (Wildman–Crippen MR) is 34.3 cm³/mol. The summed E-state index contributed by atoms with van der Waals surface area (Å²) in [4.78, 5) is 14.1.